The predicted molar refractivity (Wildman–Crippen MR) is 81.7 cm³/mol. The first-order valence-corrected chi connectivity index (χ1v) is 7.14. The molecule has 0 aliphatic carbocycles. The molecule has 2 N–H and O–H groups in total. The second-order valence-electron chi connectivity index (χ2n) is 5.22. The van der Waals surface area contributed by atoms with Gasteiger partial charge in [0.2, 0.25) is 0 Å². The molecule has 0 aliphatic heterocycles. The maximum Gasteiger partial charge on any atom is 0.120 e. The third-order valence-electron chi connectivity index (χ3n) is 2.51. The molecule has 1 aromatic rings. The molecule has 1 rings (SSSR count). The van der Waals surface area contributed by atoms with Crippen molar-refractivity contribution >= 4 is 15.9 Å². The lowest BCUT2D eigenvalue weighted by Crippen LogP contribution is -2.46. The summed E-state index contributed by atoms with van der Waals surface area (Å²) in [5, 5.41) is 13.3. The Kier molecular flexibility index (Phi) is 6.79. The molecule has 19 heavy (non-hydrogen) atoms. The Morgan fingerprint density at radius 1 is 1.42 bits per heavy atom. The number of aliphatic hydroxyl groups is 1. The van der Waals surface area contributed by atoms with E-state index in [0.29, 0.717) is 26.2 Å². The van der Waals surface area contributed by atoms with Gasteiger partial charge < -0.3 is 20.1 Å². The average molecular weight is 331 g/mol. The molecule has 0 aromatic heterocycles. The van der Waals surface area contributed by atoms with Crippen LogP contribution in [-0.4, -0.2) is 55.9 Å². The van der Waals surface area contributed by atoms with Gasteiger partial charge in [-0.1, -0.05) is 22.0 Å². The molecular weight excluding hydrogens is 308 g/mol. The van der Waals surface area contributed by atoms with Gasteiger partial charge in [0.25, 0.3) is 0 Å². The van der Waals surface area contributed by atoms with E-state index in [9.17, 15) is 5.11 Å². The van der Waals surface area contributed by atoms with Crippen LogP contribution in [0.25, 0.3) is 0 Å². The summed E-state index contributed by atoms with van der Waals surface area (Å²) in [7, 11) is 3.90. The molecule has 5 heteroatoms. The lowest BCUT2D eigenvalue weighted by Gasteiger charge is -2.27. The number of ether oxygens (including phenoxy) is 1. The second kappa shape index (κ2) is 7.85. The van der Waals surface area contributed by atoms with Crippen LogP contribution >= 0.6 is 15.9 Å². The fourth-order valence-electron chi connectivity index (χ4n) is 1.89. The summed E-state index contributed by atoms with van der Waals surface area (Å²) in [6.45, 7) is 4.29. The van der Waals surface area contributed by atoms with Crippen molar-refractivity contribution in [2.75, 3.05) is 40.3 Å². The van der Waals surface area contributed by atoms with Crippen LogP contribution in [0, 0.1) is 0 Å². The fraction of sp³-hybridized carbons (Fsp3) is 0.571. The van der Waals surface area contributed by atoms with Crippen molar-refractivity contribution in [3.05, 3.63) is 28.7 Å². The van der Waals surface area contributed by atoms with Gasteiger partial charge in [0.15, 0.2) is 0 Å². The highest BCUT2D eigenvalue weighted by Crippen LogP contribution is 2.17. The van der Waals surface area contributed by atoms with E-state index in [0.717, 1.165) is 10.2 Å². The number of benzene rings is 1. The number of hydrogen-bond donors (Lipinski definition) is 2. The summed E-state index contributed by atoms with van der Waals surface area (Å²) in [5.74, 6) is 0.844. The minimum Gasteiger partial charge on any atom is -0.492 e. The van der Waals surface area contributed by atoms with Crippen molar-refractivity contribution in [2.45, 2.75) is 12.5 Å². The monoisotopic (exact) mass is 330 g/mol. The van der Waals surface area contributed by atoms with E-state index in [-0.39, 0.29) is 0 Å². The first kappa shape index (κ1) is 16.4. The normalized spacial score (nSPS) is 14.4. The molecule has 0 radical (unpaired) electrons. The van der Waals surface area contributed by atoms with Gasteiger partial charge in [0, 0.05) is 24.1 Å². The third-order valence-corrected chi connectivity index (χ3v) is 3.00. The highest BCUT2D eigenvalue weighted by molar-refractivity contribution is 9.10. The van der Waals surface area contributed by atoms with E-state index in [1.165, 1.54) is 0 Å². The highest BCUT2D eigenvalue weighted by atomic mass is 79.9. The number of halogens is 1. The number of hydrogen-bond acceptors (Lipinski definition) is 4. The zero-order valence-corrected chi connectivity index (χ0v) is 13.4. The quantitative estimate of drug-likeness (QED) is 0.712. The molecule has 0 saturated heterocycles. The van der Waals surface area contributed by atoms with Crippen molar-refractivity contribution in [3.63, 3.8) is 0 Å². The van der Waals surface area contributed by atoms with Crippen LogP contribution in [0.4, 0.5) is 0 Å². The summed E-state index contributed by atoms with van der Waals surface area (Å²) < 4.78 is 6.60. The maximum atomic E-state index is 10.1. The predicted octanol–water partition coefficient (Wildman–Crippen LogP) is 1.73. The average Bonchev–Trinajstić information content (AvgIpc) is 2.26. The molecular formula is C14H23BrN2O2. The lowest BCUT2D eigenvalue weighted by molar-refractivity contribution is 0.0333. The van der Waals surface area contributed by atoms with E-state index in [4.69, 9.17) is 4.74 Å². The molecule has 0 bridgehead atoms. The van der Waals surface area contributed by atoms with E-state index in [1.54, 1.807) is 0 Å². The third kappa shape index (κ3) is 7.52. The van der Waals surface area contributed by atoms with Gasteiger partial charge >= 0.3 is 0 Å². The van der Waals surface area contributed by atoms with Gasteiger partial charge in [-0.05, 0) is 39.2 Å². The standard InChI is InChI=1S/C14H23BrN2O2/c1-14(18,11-17(2)3)10-16-7-8-19-13-6-4-5-12(15)9-13/h4-6,9,16,18H,7-8,10-11H2,1-3H3. The van der Waals surface area contributed by atoms with Crippen molar-refractivity contribution in [1.29, 1.82) is 0 Å². The van der Waals surface area contributed by atoms with Crippen molar-refractivity contribution in [2.24, 2.45) is 0 Å². The van der Waals surface area contributed by atoms with Gasteiger partial charge in [-0.3, -0.25) is 0 Å². The molecule has 0 spiro atoms. The highest BCUT2D eigenvalue weighted by Gasteiger charge is 2.20. The Labute approximate surface area is 123 Å². The summed E-state index contributed by atoms with van der Waals surface area (Å²) >= 11 is 3.40. The van der Waals surface area contributed by atoms with E-state index < -0.39 is 5.60 Å². The van der Waals surface area contributed by atoms with Gasteiger partial charge in [-0.2, -0.15) is 0 Å². The van der Waals surface area contributed by atoms with Crippen LogP contribution in [-0.2, 0) is 0 Å². The Hall–Kier alpha value is -0.620. The summed E-state index contributed by atoms with van der Waals surface area (Å²) in [6.07, 6.45) is 0. The number of nitrogens with zero attached hydrogens (tertiary/aromatic N) is 1. The Balaban J connectivity index is 2.18. The van der Waals surface area contributed by atoms with Crippen molar-refractivity contribution in [3.8, 4) is 5.75 Å². The number of likely N-dealkylation sites (N-methyl/N-ethyl adjacent to an activating group) is 1. The molecule has 0 amide bonds. The Morgan fingerprint density at radius 2 is 2.16 bits per heavy atom. The molecule has 0 fully saturated rings. The molecule has 1 unspecified atom stereocenters. The van der Waals surface area contributed by atoms with Crippen LogP contribution in [0.3, 0.4) is 0 Å². The number of rotatable bonds is 8. The largest absolute Gasteiger partial charge is 0.492 e. The topological polar surface area (TPSA) is 44.7 Å². The molecule has 0 aliphatic rings. The van der Waals surface area contributed by atoms with Crippen LogP contribution in [0.1, 0.15) is 6.92 Å². The molecule has 0 saturated carbocycles. The molecule has 4 nitrogen and oxygen atoms in total. The SMILES string of the molecule is CN(C)CC(C)(O)CNCCOc1cccc(Br)c1. The van der Waals surface area contributed by atoms with E-state index >= 15 is 0 Å². The first-order valence-electron chi connectivity index (χ1n) is 6.35. The smallest absolute Gasteiger partial charge is 0.120 e. The van der Waals surface area contributed by atoms with Crippen LogP contribution < -0.4 is 10.1 Å². The molecule has 1 aromatic carbocycles. The summed E-state index contributed by atoms with van der Waals surface area (Å²) in [6, 6.07) is 7.76. The molecule has 1 atom stereocenters. The van der Waals surface area contributed by atoms with Crippen LogP contribution in [0.2, 0.25) is 0 Å². The van der Waals surface area contributed by atoms with Crippen molar-refractivity contribution < 1.29 is 9.84 Å². The maximum absolute atomic E-state index is 10.1. The minimum atomic E-state index is -0.723. The Bertz CT molecular complexity index is 383. The lowest BCUT2D eigenvalue weighted by atomic mass is 10.1. The second-order valence-corrected chi connectivity index (χ2v) is 6.13. The summed E-state index contributed by atoms with van der Waals surface area (Å²) in [4.78, 5) is 1.97. The van der Waals surface area contributed by atoms with Gasteiger partial charge in [0.1, 0.15) is 12.4 Å². The van der Waals surface area contributed by atoms with Crippen LogP contribution in [0.5, 0.6) is 5.75 Å². The molecule has 0 heterocycles. The van der Waals surface area contributed by atoms with Crippen molar-refractivity contribution in [1.82, 2.24) is 10.2 Å². The van der Waals surface area contributed by atoms with E-state index in [2.05, 4.69) is 21.2 Å². The van der Waals surface area contributed by atoms with Crippen LogP contribution in [0.15, 0.2) is 28.7 Å². The molecule has 108 valence electrons. The first-order chi connectivity index (χ1) is 8.89. The van der Waals surface area contributed by atoms with Gasteiger partial charge in [-0.25, -0.2) is 0 Å². The fourth-order valence-corrected chi connectivity index (χ4v) is 2.27. The zero-order chi connectivity index (χ0) is 14.3. The van der Waals surface area contributed by atoms with Gasteiger partial charge in [-0.15, -0.1) is 0 Å². The minimum absolute atomic E-state index is 0.549. The van der Waals surface area contributed by atoms with Gasteiger partial charge in [0.05, 0.1) is 5.60 Å². The Morgan fingerprint density at radius 3 is 2.79 bits per heavy atom. The summed E-state index contributed by atoms with van der Waals surface area (Å²) in [5.41, 5.74) is -0.723. The van der Waals surface area contributed by atoms with E-state index in [1.807, 2.05) is 50.2 Å². The zero-order valence-electron chi connectivity index (χ0n) is 11.8. The number of nitrogens with one attached hydrogen (secondary N) is 1.